The Morgan fingerprint density at radius 1 is 0.833 bits per heavy atom. The molecule has 16 heteroatoms. The topological polar surface area (TPSA) is 9.23 Å². The van der Waals surface area contributed by atoms with Crippen LogP contribution in [0.1, 0.15) is 12.5 Å². The quantitative estimate of drug-likeness (QED) is 0.183. The Bertz CT molecular complexity index is 926. The summed E-state index contributed by atoms with van der Waals surface area (Å²) in [5, 5.41) is -0.186. The molecule has 0 saturated heterocycles. The normalized spacial score (nSPS) is 15.8. The lowest BCUT2D eigenvalue weighted by Gasteiger charge is -2.42. The van der Waals surface area contributed by atoms with E-state index in [4.69, 9.17) is 4.12 Å². The van der Waals surface area contributed by atoms with Crippen LogP contribution in [0.5, 0.6) is 0 Å². The van der Waals surface area contributed by atoms with E-state index in [-0.39, 0.29) is 10.8 Å². The van der Waals surface area contributed by atoms with Crippen molar-refractivity contribution in [3.05, 3.63) is 36.4 Å². The SMILES string of the molecule is C=Cc1ccccc1[Si](CC(F)(F)C(F)(F)C(F)(F)C(F)(F)C(F)(F)C(F)(F)C(C)F)O[Si](C)(C)C. The van der Waals surface area contributed by atoms with Gasteiger partial charge in [0, 0.05) is 6.04 Å². The molecule has 0 spiro atoms. The third kappa shape index (κ3) is 5.49. The summed E-state index contributed by atoms with van der Waals surface area (Å²) in [6.07, 6.45) is -3.13. The second-order valence-corrected chi connectivity index (χ2v) is 15.6. The summed E-state index contributed by atoms with van der Waals surface area (Å²) in [6.45, 7) is 7.19. The van der Waals surface area contributed by atoms with Crippen LogP contribution in [0, 0.1) is 0 Å². The van der Waals surface area contributed by atoms with Gasteiger partial charge >= 0.3 is 35.5 Å². The average Bonchev–Trinajstić information content (AvgIpc) is 2.71. The van der Waals surface area contributed by atoms with Crippen LogP contribution in [0.2, 0.25) is 25.7 Å². The van der Waals surface area contributed by atoms with Crippen molar-refractivity contribution < 1.29 is 61.2 Å². The summed E-state index contributed by atoms with van der Waals surface area (Å²) in [4.78, 5) is 0. The van der Waals surface area contributed by atoms with Crippen LogP contribution in [0.15, 0.2) is 30.8 Å². The largest absolute Gasteiger partial charge is 0.452 e. The van der Waals surface area contributed by atoms with Gasteiger partial charge in [0.25, 0.3) is 0 Å². The minimum Gasteiger partial charge on any atom is -0.452 e. The molecular formula is C20H22F13OSi2. The molecule has 0 N–H and O–H groups in total. The fourth-order valence-electron chi connectivity index (χ4n) is 2.88. The average molecular weight is 582 g/mol. The van der Waals surface area contributed by atoms with Crippen molar-refractivity contribution in [2.45, 2.75) is 74.3 Å². The van der Waals surface area contributed by atoms with Crippen molar-refractivity contribution >= 4 is 28.6 Å². The lowest BCUT2D eigenvalue weighted by molar-refractivity contribution is -0.426. The van der Waals surface area contributed by atoms with Crippen molar-refractivity contribution in [1.29, 1.82) is 0 Å². The molecule has 1 atom stereocenters. The van der Waals surface area contributed by atoms with Gasteiger partial charge in [0.1, 0.15) is 0 Å². The van der Waals surface area contributed by atoms with E-state index in [2.05, 4.69) is 6.58 Å². The van der Waals surface area contributed by atoms with Gasteiger partial charge in [-0.25, -0.2) is 4.39 Å². The third-order valence-electron chi connectivity index (χ3n) is 4.85. The van der Waals surface area contributed by atoms with Crippen molar-refractivity contribution in [2.75, 3.05) is 0 Å². The Kier molecular flexibility index (Phi) is 8.99. The molecule has 1 aromatic rings. The molecule has 0 aromatic heterocycles. The fraction of sp³-hybridized carbons (Fsp3) is 0.600. The highest BCUT2D eigenvalue weighted by Gasteiger charge is 2.90. The van der Waals surface area contributed by atoms with E-state index >= 15 is 0 Å². The van der Waals surface area contributed by atoms with Crippen LogP contribution in [0.25, 0.3) is 6.08 Å². The number of rotatable bonds is 12. The lowest BCUT2D eigenvalue weighted by atomic mass is 9.90. The molecule has 0 bridgehead atoms. The number of halogens is 13. The van der Waals surface area contributed by atoms with Gasteiger partial charge in [-0.1, -0.05) is 36.9 Å². The standard InChI is InChI=1S/C20H22F13OSi2/c1-6-13-9-7-8-10-14(13)35(34-36(3,4)5)11-15(22,23)17(26,27)19(30,31)20(32,33)18(28,29)16(24,25)12(2)21/h6-10,12H,1,11H2,2-5H3. The Balaban J connectivity index is 3.64. The molecule has 207 valence electrons. The van der Waals surface area contributed by atoms with Gasteiger partial charge in [-0.3, -0.25) is 0 Å². The summed E-state index contributed by atoms with van der Waals surface area (Å²) in [5.74, 6) is -43.1. The lowest BCUT2D eigenvalue weighted by Crippen LogP contribution is -2.72. The third-order valence-corrected chi connectivity index (χ3v) is 10.1. The first-order valence-corrected chi connectivity index (χ1v) is 15.0. The molecule has 1 unspecified atom stereocenters. The van der Waals surface area contributed by atoms with E-state index < -0.39 is 72.0 Å². The number of benzene rings is 1. The van der Waals surface area contributed by atoms with Crippen LogP contribution in [0.4, 0.5) is 57.1 Å². The molecule has 0 aliphatic carbocycles. The Hall–Kier alpha value is -1.56. The highest BCUT2D eigenvalue weighted by atomic mass is 28.4. The summed E-state index contributed by atoms with van der Waals surface area (Å²) >= 11 is 0. The zero-order valence-corrected chi connectivity index (χ0v) is 21.2. The molecule has 0 heterocycles. The van der Waals surface area contributed by atoms with Crippen molar-refractivity contribution in [1.82, 2.24) is 0 Å². The maximum atomic E-state index is 14.7. The Morgan fingerprint density at radius 3 is 1.69 bits per heavy atom. The molecule has 0 amide bonds. The van der Waals surface area contributed by atoms with Crippen LogP contribution in [-0.2, 0) is 4.12 Å². The first-order chi connectivity index (χ1) is 15.8. The highest BCUT2D eigenvalue weighted by molar-refractivity contribution is 6.82. The van der Waals surface area contributed by atoms with Crippen LogP contribution < -0.4 is 5.19 Å². The number of hydrogen-bond acceptors (Lipinski definition) is 1. The molecule has 0 saturated carbocycles. The van der Waals surface area contributed by atoms with Gasteiger partial charge in [-0.05, 0) is 37.3 Å². The fourth-order valence-corrected chi connectivity index (χ4v) is 8.17. The van der Waals surface area contributed by atoms with Crippen molar-refractivity contribution in [2.24, 2.45) is 0 Å². The molecule has 36 heavy (non-hydrogen) atoms. The predicted molar refractivity (Wildman–Crippen MR) is 111 cm³/mol. The van der Waals surface area contributed by atoms with Crippen molar-refractivity contribution in [3.63, 3.8) is 0 Å². The molecule has 1 radical (unpaired) electrons. The zero-order chi connectivity index (χ0) is 28.8. The molecule has 0 fully saturated rings. The van der Waals surface area contributed by atoms with E-state index in [9.17, 15) is 57.1 Å². The van der Waals surface area contributed by atoms with Crippen LogP contribution in [-0.4, -0.2) is 59.1 Å². The second-order valence-electron chi connectivity index (χ2n) is 8.85. The van der Waals surface area contributed by atoms with E-state index in [0.717, 1.165) is 12.1 Å². The van der Waals surface area contributed by atoms with E-state index in [1.165, 1.54) is 37.8 Å². The van der Waals surface area contributed by atoms with Gasteiger partial charge in [-0.2, -0.15) is 52.7 Å². The molecule has 1 nitrogen and oxygen atoms in total. The molecule has 1 aromatic carbocycles. The maximum Gasteiger partial charge on any atom is 0.384 e. The van der Waals surface area contributed by atoms with Gasteiger partial charge < -0.3 is 4.12 Å². The Morgan fingerprint density at radius 2 is 1.28 bits per heavy atom. The first kappa shape index (κ1) is 32.5. The maximum absolute atomic E-state index is 14.7. The first-order valence-electron chi connectivity index (χ1n) is 9.99. The summed E-state index contributed by atoms with van der Waals surface area (Å²) < 4.78 is 187. The smallest absolute Gasteiger partial charge is 0.384 e. The molecule has 1 rings (SSSR count). The highest BCUT2D eigenvalue weighted by Crippen LogP contribution is 2.61. The summed E-state index contributed by atoms with van der Waals surface area (Å²) in [6, 6.07) is 2.70. The van der Waals surface area contributed by atoms with E-state index in [0.29, 0.717) is 0 Å². The van der Waals surface area contributed by atoms with E-state index in [1.807, 2.05) is 0 Å². The monoisotopic (exact) mass is 581 g/mol. The Labute approximate surface area is 201 Å². The van der Waals surface area contributed by atoms with E-state index in [1.54, 1.807) is 0 Å². The summed E-state index contributed by atoms with van der Waals surface area (Å²) in [5.41, 5.74) is 0.0592. The van der Waals surface area contributed by atoms with Crippen LogP contribution >= 0.6 is 0 Å². The zero-order valence-electron chi connectivity index (χ0n) is 19.2. The van der Waals surface area contributed by atoms with Crippen LogP contribution in [0.3, 0.4) is 0 Å². The minimum atomic E-state index is -7.80. The minimum absolute atomic E-state index is 0.0592. The summed E-state index contributed by atoms with van der Waals surface area (Å²) in [7, 11) is -6.37. The van der Waals surface area contributed by atoms with Crippen molar-refractivity contribution in [3.8, 4) is 0 Å². The van der Waals surface area contributed by atoms with Gasteiger partial charge in [0.15, 0.2) is 14.5 Å². The molecule has 0 aliphatic rings. The van der Waals surface area contributed by atoms with Gasteiger partial charge in [0.05, 0.1) is 0 Å². The van der Waals surface area contributed by atoms with Gasteiger partial charge in [-0.15, -0.1) is 0 Å². The number of hydrogen-bond donors (Lipinski definition) is 0. The predicted octanol–water partition coefficient (Wildman–Crippen LogP) is 7.55. The second kappa shape index (κ2) is 9.96. The van der Waals surface area contributed by atoms with Gasteiger partial charge in [0.2, 0.25) is 9.04 Å². The molecule has 0 aliphatic heterocycles. The molecular weight excluding hydrogens is 559 g/mol. The number of alkyl halides is 13.